The van der Waals surface area contributed by atoms with Gasteiger partial charge < -0.3 is 14.2 Å². The Hall–Kier alpha value is -1.87. The average Bonchev–Trinajstić information content (AvgIpc) is 3.31. The number of rotatable bonds is 5. The van der Waals surface area contributed by atoms with E-state index in [-0.39, 0.29) is 30.2 Å². The largest absolute Gasteiger partial charge is 0.459 e. The predicted molar refractivity (Wildman–Crippen MR) is 95.0 cm³/mol. The van der Waals surface area contributed by atoms with Gasteiger partial charge in [-0.2, -0.15) is 4.31 Å². The van der Waals surface area contributed by atoms with Gasteiger partial charge in [-0.15, -0.1) is 0 Å². The van der Waals surface area contributed by atoms with Gasteiger partial charge in [0.2, 0.25) is 15.9 Å². The lowest BCUT2D eigenvalue weighted by molar-refractivity contribution is -0.133. The lowest BCUT2D eigenvalue weighted by Crippen LogP contribution is -2.53. The van der Waals surface area contributed by atoms with Crippen molar-refractivity contribution in [1.29, 1.82) is 0 Å². The van der Waals surface area contributed by atoms with Crippen LogP contribution in [0.5, 0.6) is 0 Å². The highest BCUT2D eigenvalue weighted by Gasteiger charge is 2.33. The molecule has 2 amide bonds. The van der Waals surface area contributed by atoms with Crippen molar-refractivity contribution in [1.82, 2.24) is 14.1 Å². The zero-order valence-corrected chi connectivity index (χ0v) is 15.8. The van der Waals surface area contributed by atoms with Gasteiger partial charge in [-0.3, -0.25) is 9.59 Å². The SMILES string of the molecule is CS(=O)(=O)N(CC(=O)N1CCN(C(=O)c2ccco2)CC1)C1CCCC1. The van der Waals surface area contributed by atoms with Crippen molar-refractivity contribution in [2.45, 2.75) is 31.7 Å². The highest BCUT2D eigenvalue weighted by molar-refractivity contribution is 7.88. The number of carbonyl (C=O) groups excluding carboxylic acids is 2. The maximum absolute atomic E-state index is 12.6. The van der Waals surface area contributed by atoms with Crippen molar-refractivity contribution in [3.8, 4) is 0 Å². The minimum Gasteiger partial charge on any atom is -0.459 e. The molecular weight excluding hydrogens is 358 g/mol. The number of hydrogen-bond acceptors (Lipinski definition) is 5. The van der Waals surface area contributed by atoms with Gasteiger partial charge in [0, 0.05) is 32.2 Å². The minimum absolute atomic E-state index is 0.0734. The second-order valence-corrected chi connectivity index (χ2v) is 8.83. The lowest BCUT2D eigenvalue weighted by Gasteiger charge is -2.36. The van der Waals surface area contributed by atoms with E-state index in [2.05, 4.69) is 0 Å². The molecule has 8 nitrogen and oxygen atoms in total. The van der Waals surface area contributed by atoms with Gasteiger partial charge in [-0.05, 0) is 25.0 Å². The molecule has 1 aromatic heterocycles. The first kappa shape index (κ1) is 18.9. The Morgan fingerprint density at radius 1 is 1.15 bits per heavy atom. The highest BCUT2D eigenvalue weighted by atomic mass is 32.2. The summed E-state index contributed by atoms with van der Waals surface area (Å²) < 4.78 is 30.7. The summed E-state index contributed by atoms with van der Waals surface area (Å²) in [6.07, 6.45) is 6.24. The maximum atomic E-state index is 12.6. The first-order valence-corrected chi connectivity index (χ1v) is 10.8. The second kappa shape index (κ2) is 7.79. The van der Waals surface area contributed by atoms with E-state index in [0.717, 1.165) is 25.7 Å². The smallest absolute Gasteiger partial charge is 0.289 e. The molecule has 2 heterocycles. The van der Waals surface area contributed by atoms with Gasteiger partial charge >= 0.3 is 0 Å². The molecule has 0 atom stereocenters. The Labute approximate surface area is 153 Å². The standard InChI is InChI=1S/C17H25N3O5S/c1-26(23,24)20(14-5-2-3-6-14)13-16(21)18-8-10-19(11-9-18)17(22)15-7-4-12-25-15/h4,7,12,14H,2-3,5-6,8-11,13H2,1H3. The third kappa shape index (κ3) is 4.27. The normalized spacial score (nSPS) is 19.3. The van der Waals surface area contributed by atoms with E-state index in [1.807, 2.05) is 0 Å². The zero-order valence-electron chi connectivity index (χ0n) is 15.0. The molecule has 0 radical (unpaired) electrons. The first-order valence-electron chi connectivity index (χ1n) is 8.93. The van der Waals surface area contributed by atoms with Gasteiger partial charge in [0.25, 0.3) is 5.91 Å². The fourth-order valence-electron chi connectivity index (χ4n) is 3.66. The van der Waals surface area contributed by atoms with Crippen molar-refractivity contribution < 1.29 is 22.4 Å². The molecule has 9 heteroatoms. The molecule has 1 saturated heterocycles. The van der Waals surface area contributed by atoms with Crippen molar-refractivity contribution in [3.05, 3.63) is 24.2 Å². The number of nitrogens with zero attached hydrogens (tertiary/aromatic N) is 3. The number of hydrogen-bond donors (Lipinski definition) is 0. The summed E-state index contributed by atoms with van der Waals surface area (Å²) in [5.74, 6) is -0.104. The van der Waals surface area contributed by atoms with E-state index in [1.165, 1.54) is 16.8 Å². The highest BCUT2D eigenvalue weighted by Crippen LogP contribution is 2.25. The Morgan fingerprint density at radius 3 is 2.31 bits per heavy atom. The minimum atomic E-state index is -3.43. The molecule has 3 rings (SSSR count). The van der Waals surface area contributed by atoms with Gasteiger partial charge in [0.1, 0.15) is 0 Å². The topological polar surface area (TPSA) is 91.1 Å². The van der Waals surface area contributed by atoms with Gasteiger partial charge in [0.15, 0.2) is 5.76 Å². The van der Waals surface area contributed by atoms with Gasteiger partial charge in [0.05, 0.1) is 19.1 Å². The summed E-state index contributed by atoms with van der Waals surface area (Å²) >= 11 is 0. The number of piperazine rings is 1. The fourth-order valence-corrected chi connectivity index (χ4v) is 4.76. The van der Waals surface area contributed by atoms with Crippen LogP contribution in [0.2, 0.25) is 0 Å². The van der Waals surface area contributed by atoms with Crippen LogP contribution in [0.15, 0.2) is 22.8 Å². The van der Waals surface area contributed by atoms with Crippen LogP contribution in [0.4, 0.5) is 0 Å². The van der Waals surface area contributed by atoms with Crippen molar-refractivity contribution in [2.75, 3.05) is 39.0 Å². The summed E-state index contributed by atoms with van der Waals surface area (Å²) in [6.45, 7) is 1.50. The van der Waals surface area contributed by atoms with E-state index in [4.69, 9.17) is 4.42 Å². The molecule has 26 heavy (non-hydrogen) atoms. The molecule has 1 saturated carbocycles. The summed E-state index contributed by atoms with van der Waals surface area (Å²) in [6, 6.07) is 3.21. The number of sulfonamides is 1. The first-order chi connectivity index (χ1) is 12.4. The molecule has 0 aromatic carbocycles. The van der Waals surface area contributed by atoms with Crippen LogP contribution in [-0.4, -0.2) is 79.4 Å². The molecular formula is C17H25N3O5S. The van der Waals surface area contributed by atoms with Crippen LogP contribution in [0.25, 0.3) is 0 Å². The molecule has 0 bridgehead atoms. The third-order valence-electron chi connectivity index (χ3n) is 5.10. The molecule has 1 aliphatic carbocycles. The third-order valence-corrected chi connectivity index (χ3v) is 6.38. The molecule has 1 aliphatic heterocycles. The quantitative estimate of drug-likeness (QED) is 0.749. The Bertz CT molecular complexity index is 732. The summed E-state index contributed by atoms with van der Waals surface area (Å²) in [5, 5.41) is 0. The van der Waals surface area contributed by atoms with E-state index in [9.17, 15) is 18.0 Å². The zero-order chi connectivity index (χ0) is 18.7. The van der Waals surface area contributed by atoms with Crippen LogP contribution >= 0.6 is 0 Å². The Balaban J connectivity index is 1.56. The summed E-state index contributed by atoms with van der Waals surface area (Å²) in [4.78, 5) is 28.2. The van der Waals surface area contributed by atoms with Crippen LogP contribution in [0.1, 0.15) is 36.2 Å². The van der Waals surface area contributed by atoms with Crippen molar-refractivity contribution >= 4 is 21.8 Å². The number of furan rings is 1. The van der Waals surface area contributed by atoms with Crippen molar-refractivity contribution in [3.63, 3.8) is 0 Å². The van der Waals surface area contributed by atoms with E-state index >= 15 is 0 Å². The predicted octanol–water partition coefficient (Wildman–Crippen LogP) is 0.768. The van der Waals surface area contributed by atoms with Crippen LogP contribution in [0.3, 0.4) is 0 Å². The molecule has 2 aliphatic rings. The number of amides is 2. The molecule has 144 valence electrons. The second-order valence-electron chi connectivity index (χ2n) is 6.90. The van der Waals surface area contributed by atoms with Crippen molar-refractivity contribution in [2.24, 2.45) is 0 Å². The number of carbonyl (C=O) groups is 2. The van der Waals surface area contributed by atoms with E-state index < -0.39 is 10.0 Å². The molecule has 0 spiro atoms. The fraction of sp³-hybridized carbons (Fsp3) is 0.647. The molecule has 2 fully saturated rings. The van der Waals surface area contributed by atoms with E-state index in [0.29, 0.717) is 26.2 Å². The van der Waals surface area contributed by atoms with Crippen LogP contribution in [-0.2, 0) is 14.8 Å². The average molecular weight is 383 g/mol. The Kier molecular flexibility index (Phi) is 5.67. The lowest BCUT2D eigenvalue weighted by atomic mass is 10.2. The van der Waals surface area contributed by atoms with Gasteiger partial charge in [-0.25, -0.2) is 8.42 Å². The molecule has 1 aromatic rings. The summed E-state index contributed by atoms with van der Waals surface area (Å²) in [5.41, 5.74) is 0. The van der Waals surface area contributed by atoms with Crippen LogP contribution < -0.4 is 0 Å². The Morgan fingerprint density at radius 2 is 1.77 bits per heavy atom. The summed E-state index contributed by atoms with van der Waals surface area (Å²) in [7, 11) is -3.43. The molecule has 0 N–H and O–H groups in total. The maximum Gasteiger partial charge on any atom is 0.289 e. The van der Waals surface area contributed by atoms with E-state index in [1.54, 1.807) is 21.9 Å². The van der Waals surface area contributed by atoms with Crippen LogP contribution in [0, 0.1) is 0 Å². The monoisotopic (exact) mass is 383 g/mol. The van der Waals surface area contributed by atoms with Gasteiger partial charge in [-0.1, -0.05) is 12.8 Å². The molecule has 0 unspecified atom stereocenters.